The first-order valence-corrected chi connectivity index (χ1v) is 3.88. The fourth-order valence-corrected chi connectivity index (χ4v) is 1.38. The van der Waals surface area contributed by atoms with E-state index >= 15 is 0 Å². The predicted molar refractivity (Wildman–Crippen MR) is 40.1 cm³/mol. The molecule has 0 saturated heterocycles. The second-order valence-corrected chi connectivity index (χ2v) is 3.70. The van der Waals surface area contributed by atoms with Gasteiger partial charge in [-0.2, -0.15) is 0 Å². The second-order valence-electron chi connectivity index (χ2n) is 3.70. The third-order valence-electron chi connectivity index (χ3n) is 2.44. The van der Waals surface area contributed by atoms with Gasteiger partial charge >= 0.3 is 0 Å². The molecule has 0 aromatic rings. The van der Waals surface area contributed by atoms with E-state index in [-0.39, 0.29) is 0 Å². The van der Waals surface area contributed by atoms with Crippen LogP contribution < -0.4 is 5.73 Å². The van der Waals surface area contributed by atoms with Crippen molar-refractivity contribution in [3.05, 3.63) is 0 Å². The third-order valence-corrected chi connectivity index (χ3v) is 2.44. The largest absolute Gasteiger partial charge is 0.327 e. The summed E-state index contributed by atoms with van der Waals surface area (Å²) in [7, 11) is 0. The molecule has 1 nitrogen and oxygen atoms in total. The topological polar surface area (TPSA) is 26.0 Å². The first-order valence-electron chi connectivity index (χ1n) is 3.88. The standard InChI is InChI=1S/C8H17N/c1-5(2)8(9)7-4-6(7)3/h5-8H,4,9H2,1-3H3. The zero-order valence-electron chi connectivity index (χ0n) is 6.59. The van der Waals surface area contributed by atoms with Gasteiger partial charge in [-0.3, -0.25) is 0 Å². The Morgan fingerprint density at radius 1 is 1.44 bits per heavy atom. The van der Waals surface area contributed by atoms with Crippen LogP contribution in [0, 0.1) is 17.8 Å². The number of hydrogen-bond acceptors (Lipinski definition) is 1. The zero-order valence-corrected chi connectivity index (χ0v) is 6.59. The van der Waals surface area contributed by atoms with E-state index in [1.165, 1.54) is 6.42 Å². The molecule has 1 aliphatic carbocycles. The van der Waals surface area contributed by atoms with E-state index in [4.69, 9.17) is 5.73 Å². The lowest BCUT2D eigenvalue weighted by Crippen LogP contribution is -2.29. The summed E-state index contributed by atoms with van der Waals surface area (Å²) in [4.78, 5) is 0. The van der Waals surface area contributed by atoms with Gasteiger partial charge in [-0.1, -0.05) is 20.8 Å². The van der Waals surface area contributed by atoms with Gasteiger partial charge in [0, 0.05) is 6.04 Å². The normalized spacial score (nSPS) is 37.0. The van der Waals surface area contributed by atoms with Crippen molar-refractivity contribution in [1.29, 1.82) is 0 Å². The zero-order chi connectivity index (χ0) is 7.02. The van der Waals surface area contributed by atoms with E-state index in [2.05, 4.69) is 20.8 Å². The van der Waals surface area contributed by atoms with Gasteiger partial charge in [0.05, 0.1) is 0 Å². The number of rotatable bonds is 2. The average Bonchev–Trinajstić information content (AvgIpc) is 2.44. The molecule has 0 amide bonds. The Morgan fingerprint density at radius 2 is 1.89 bits per heavy atom. The molecule has 1 aliphatic rings. The highest BCUT2D eigenvalue weighted by molar-refractivity contribution is 4.91. The van der Waals surface area contributed by atoms with Gasteiger partial charge in [-0.15, -0.1) is 0 Å². The van der Waals surface area contributed by atoms with Gasteiger partial charge < -0.3 is 5.73 Å². The molecule has 0 radical (unpaired) electrons. The Morgan fingerprint density at radius 3 is 2.00 bits per heavy atom. The van der Waals surface area contributed by atoms with Crippen molar-refractivity contribution in [1.82, 2.24) is 0 Å². The van der Waals surface area contributed by atoms with Crippen LogP contribution in [-0.4, -0.2) is 6.04 Å². The van der Waals surface area contributed by atoms with E-state index in [1.54, 1.807) is 0 Å². The minimum Gasteiger partial charge on any atom is -0.327 e. The predicted octanol–water partition coefficient (Wildman–Crippen LogP) is 1.63. The van der Waals surface area contributed by atoms with Gasteiger partial charge in [-0.05, 0) is 24.2 Å². The summed E-state index contributed by atoms with van der Waals surface area (Å²) in [5.74, 6) is 2.41. The van der Waals surface area contributed by atoms with E-state index in [0.29, 0.717) is 12.0 Å². The van der Waals surface area contributed by atoms with Crippen LogP contribution >= 0.6 is 0 Å². The van der Waals surface area contributed by atoms with E-state index < -0.39 is 0 Å². The van der Waals surface area contributed by atoms with Crippen LogP contribution in [0.15, 0.2) is 0 Å². The fraction of sp³-hybridized carbons (Fsp3) is 1.00. The molecular formula is C8H17N. The van der Waals surface area contributed by atoms with Crippen molar-refractivity contribution < 1.29 is 0 Å². The number of nitrogens with two attached hydrogens (primary N) is 1. The SMILES string of the molecule is CC(C)C(N)C1CC1C. The highest BCUT2D eigenvalue weighted by Crippen LogP contribution is 2.41. The lowest BCUT2D eigenvalue weighted by molar-refractivity contribution is 0.431. The quantitative estimate of drug-likeness (QED) is 0.599. The van der Waals surface area contributed by atoms with Crippen LogP contribution in [0.4, 0.5) is 0 Å². The van der Waals surface area contributed by atoms with Crippen molar-refractivity contribution >= 4 is 0 Å². The average molecular weight is 127 g/mol. The molecule has 0 bridgehead atoms. The van der Waals surface area contributed by atoms with Crippen LogP contribution in [0.2, 0.25) is 0 Å². The van der Waals surface area contributed by atoms with Crippen LogP contribution in [0.3, 0.4) is 0 Å². The molecule has 0 aromatic heterocycles. The number of hydrogen-bond donors (Lipinski definition) is 1. The lowest BCUT2D eigenvalue weighted by atomic mass is 10.00. The molecule has 3 atom stereocenters. The molecule has 1 saturated carbocycles. The van der Waals surface area contributed by atoms with Gasteiger partial charge in [0.2, 0.25) is 0 Å². The van der Waals surface area contributed by atoms with E-state index in [1.807, 2.05) is 0 Å². The maximum Gasteiger partial charge on any atom is 0.00930 e. The minimum absolute atomic E-state index is 0.458. The van der Waals surface area contributed by atoms with Crippen LogP contribution in [0.5, 0.6) is 0 Å². The van der Waals surface area contributed by atoms with Crippen LogP contribution in [0.1, 0.15) is 27.2 Å². The first-order chi connectivity index (χ1) is 4.13. The molecule has 9 heavy (non-hydrogen) atoms. The second kappa shape index (κ2) is 2.30. The molecule has 0 aromatic carbocycles. The Balaban J connectivity index is 2.27. The summed E-state index contributed by atoms with van der Waals surface area (Å²) >= 11 is 0. The maximum absolute atomic E-state index is 5.91. The highest BCUT2D eigenvalue weighted by atomic mass is 14.7. The fourth-order valence-electron chi connectivity index (χ4n) is 1.38. The molecule has 2 N–H and O–H groups in total. The van der Waals surface area contributed by atoms with Crippen molar-refractivity contribution in [3.63, 3.8) is 0 Å². The van der Waals surface area contributed by atoms with E-state index in [9.17, 15) is 0 Å². The maximum atomic E-state index is 5.91. The molecule has 54 valence electrons. The van der Waals surface area contributed by atoms with Gasteiger partial charge in [0.1, 0.15) is 0 Å². The third kappa shape index (κ3) is 1.45. The molecule has 0 aliphatic heterocycles. The minimum atomic E-state index is 0.458. The molecule has 0 spiro atoms. The molecule has 1 rings (SSSR count). The van der Waals surface area contributed by atoms with Crippen molar-refractivity contribution in [2.45, 2.75) is 33.2 Å². The molecular weight excluding hydrogens is 110 g/mol. The first kappa shape index (κ1) is 7.07. The highest BCUT2D eigenvalue weighted by Gasteiger charge is 2.38. The van der Waals surface area contributed by atoms with Crippen molar-refractivity contribution in [3.8, 4) is 0 Å². The summed E-state index contributed by atoms with van der Waals surface area (Å²) in [5, 5.41) is 0. The van der Waals surface area contributed by atoms with Crippen molar-refractivity contribution in [2.24, 2.45) is 23.5 Å². The molecule has 0 heterocycles. The molecule has 1 fully saturated rings. The summed E-state index contributed by atoms with van der Waals surface area (Å²) < 4.78 is 0. The Hall–Kier alpha value is -0.0400. The van der Waals surface area contributed by atoms with Gasteiger partial charge in [0.15, 0.2) is 0 Å². The molecule has 1 heteroatoms. The molecule has 3 unspecified atom stereocenters. The summed E-state index contributed by atoms with van der Waals surface area (Å²) in [5.41, 5.74) is 5.91. The summed E-state index contributed by atoms with van der Waals surface area (Å²) in [6, 6.07) is 0.458. The Bertz CT molecular complexity index is 98.7. The van der Waals surface area contributed by atoms with Gasteiger partial charge in [0.25, 0.3) is 0 Å². The summed E-state index contributed by atoms with van der Waals surface area (Å²) in [6.45, 7) is 6.69. The Labute approximate surface area is 57.6 Å². The lowest BCUT2D eigenvalue weighted by Gasteiger charge is -2.14. The monoisotopic (exact) mass is 127 g/mol. The smallest absolute Gasteiger partial charge is 0.00930 e. The van der Waals surface area contributed by atoms with Crippen LogP contribution in [-0.2, 0) is 0 Å². The van der Waals surface area contributed by atoms with E-state index in [0.717, 1.165) is 11.8 Å². The van der Waals surface area contributed by atoms with Crippen LogP contribution in [0.25, 0.3) is 0 Å². The summed E-state index contributed by atoms with van der Waals surface area (Å²) in [6.07, 6.45) is 1.36. The Kier molecular flexibility index (Phi) is 1.80. The van der Waals surface area contributed by atoms with Crippen molar-refractivity contribution in [2.75, 3.05) is 0 Å². The van der Waals surface area contributed by atoms with Gasteiger partial charge in [-0.25, -0.2) is 0 Å².